The first-order valence-corrected chi connectivity index (χ1v) is 11.6. The Morgan fingerprint density at radius 1 is 1.23 bits per heavy atom. The SMILES string of the molecule is CC(C#N)OC(=O)c1ccc(Cl)c(S(=O)(=O)N2CCC(Cc3ccccc3)CC2)c1. The molecule has 0 N–H and O–H groups in total. The van der Waals surface area contributed by atoms with Crippen molar-refractivity contribution in [3.63, 3.8) is 0 Å². The van der Waals surface area contributed by atoms with Crippen molar-refractivity contribution >= 4 is 27.6 Å². The van der Waals surface area contributed by atoms with Crippen LogP contribution in [0, 0.1) is 17.2 Å². The van der Waals surface area contributed by atoms with E-state index in [1.165, 1.54) is 35.0 Å². The fourth-order valence-electron chi connectivity index (χ4n) is 3.52. The van der Waals surface area contributed by atoms with Gasteiger partial charge in [0.2, 0.25) is 10.0 Å². The predicted octanol–water partition coefficient (Wildman–Crippen LogP) is 4.05. The van der Waals surface area contributed by atoms with Crippen LogP contribution in [0.4, 0.5) is 0 Å². The number of rotatable bonds is 6. The Bertz CT molecular complexity index is 1040. The van der Waals surface area contributed by atoms with Gasteiger partial charge in [-0.25, -0.2) is 13.2 Å². The summed E-state index contributed by atoms with van der Waals surface area (Å²) in [7, 11) is -3.85. The zero-order chi connectivity index (χ0) is 21.7. The number of carbonyl (C=O) groups is 1. The number of esters is 1. The number of benzene rings is 2. The third-order valence-electron chi connectivity index (χ3n) is 5.19. The highest BCUT2D eigenvalue weighted by Gasteiger charge is 2.31. The summed E-state index contributed by atoms with van der Waals surface area (Å²) in [6.45, 7) is 2.23. The number of sulfonamides is 1. The summed E-state index contributed by atoms with van der Waals surface area (Å²) in [5, 5.41) is 8.84. The molecule has 30 heavy (non-hydrogen) atoms. The van der Waals surface area contributed by atoms with Crippen LogP contribution in [0.1, 0.15) is 35.7 Å². The molecule has 1 atom stereocenters. The molecular weight excluding hydrogens is 424 g/mol. The van der Waals surface area contributed by atoms with E-state index in [2.05, 4.69) is 12.1 Å². The molecule has 0 bridgehead atoms. The monoisotopic (exact) mass is 446 g/mol. The lowest BCUT2D eigenvalue weighted by Crippen LogP contribution is -2.39. The van der Waals surface area contributed by atoms with Gasteiger partial charge in [-0.1, -0.05) is 41.9 Å². The van der Waals surface area contributed by atoms with Gasteiger partial charge in [0.05, 0.1) is 10.6 Å². The van der Waals surface area contributed by atoms with Crippen LogP contribution in [0.2, 0.25) is 5.02 Å². The molecule has 0 saturated carbocycles. The lowest BCUT2D eigenvalue weighted by molar-refractivity contribution is 0.0435. The summed E-state index contributed by atoms with van der Waals surface area (Å²) in [6, 6.07) is 15.9. The minimum Gasteiger partial charge on any atom is -0.444 e. The molecule has 2 aromatic rings. The van der Waals surface area contributed by atoms with Gasteiger partial charge in [0, 0.05) is 13.1 Å². The lowest BCUT2D eigenvalue weighted by Gasteiger charge is -2.31. The third kappa shape index (κ3) is 5.20. The number of piperidine rings is 1. The molecule has 8 heteroatoms. The molecule has 1 aliphatic heterocycles. The number of hydrogen-bond acceptors (Lipinski definition) is 5. The second-order valence-electron chi connectivity index (χ2n) is 7.36. The van der Waals surface area contributed by atoms with E-state index in [4.69, 9.17) is 21.6 Å². The molecule has 158 valence electrons. The molecule has 2 aromatic carbocycles. The molecule has 0 radical (unpaired) electrons. The molecule has 1 aliphatic rings. The Balaban J connectivity index is 1.72. The fourth-order valence-corrected chi connectivity index (χ4v) is 5.49. The standard InChI is InChI=1S/C22H23ClN2O4S/c1-16(15-24)29-22(26)19-7-8-20(23)21(14-19)30(27,28)25-11-9-18(10-12-25)13-17-5-3-2-4-6-17/h2-8,14,16,18H,9-13H2,1H3. The Morgan fingerprint density at radius 3 is 2.53 bits per heavy atom. The largest absolute Gasteiger partial charge is 0.444 e. The summed E-state index contributed by atoms with van der Waals surface area (Å²) in [5.41, 5.74) is 1.29. The molecular formula is C22H23ClN2O4S. The van der Waals surface area contributed by atoms with Gasteiger partial charge in [0.25, 0.3) is 0 Å². The highest BCUT2D eigenvalue weighted by molar-refractivity contribution is 7.89. The Kier molecular flexibility index (Phi) is 7.14. The molecule has 1 fully saturated rings. The number of nitriles is 1. The summed E-state index contributed by atoms with van der Waals surface area (Å²) < 4.78 is 32.7. The first-order chi connectivity index (χ1) is 14.3. The molecule has 1 heterocycles. The van der Waals surface area contributed by atoms with Crippen molar-refractivity contribution in [2.75, 3.05) is 13.1 Å². The maximum Gasteiger partial charge on any atom is 0.339 e. The summed E-state index contributed by atoms with van der Waals surface area (Å²) >= 11 is 6.16. The molecule has 1 unspecified atom stereocenters. The first kappa shape index (κ1) is 22.3. The minimum atomic E-state index is -3.85. The normalized spacial score (nSPS) is 16.6. The summed E-state index contributed by atoms with van der Waals surface area (Å²) in [5.74, 6) is -0.346. The highest BCUT2D eigenvalue weighted by atomic mass is 35.5. The van der Waals surface area contributed by atoms with Gasteiger partial charge in [0.15, 0.2) is 6.10 Å². The highest BCUT2D eigenvalue weighted by Crippen LogP contribution is 2.30. The quantitative estimate of drug-likeness (QED) is 0.624. The van der Waals surface area contributed by atoms with Crippen LogP contribution in [0.25, 0.3) is 0 Å². The van der Waals surface area contributed by atoms with E-state index in [-0.39, 0.29) is 15.5 Å². The minimum absolute atomic E-state index is 0.0408. The van der Waals surface area contributed by atoms with Gasteiger partial charge in [-0.05, 0) is 55.9 Å². The van der Waals surface area contributed by atoms with E-state index >= 15 is 0 Å². The second kappa shape index (κ2) is 9.61. The topological polar surface area (TPSA) is 87.5 Å². The summed E-state index contributed by atoms with van der Waals surface area (Å²) in [6.07, 6.45) is 1.51. The van der Waals surface area contributed by atoms with Crippen molar-refractivity contribution in [1.82, 2.24) is 4.31 Å². The van der Waals surface area contributed by atoms with Crippen LogP contribution < -0.4 is 0 Å². The Morgan fingerprint density at radius 2 is 1.90 bits per heavy atom. The maximum atomic E-state index is 13.2. The van der Waals surface area contributed by atoms with Crippen molar-refractivity contribution in [3.8, 4) is 6.07 Å². The average Bonchev–Trinajstić information content (AvgIpc) is 2.75. The van der Waals surface area contributed by atoms with Crippen LogP contribution in [-0.2, 0) is 21.2 Å². The zero-order valence-corrected chi connectivity index (χ0v) is 18.2. The molecule has 0 aliphatic carbocycles. The number of nitrogens with zero attached hydrogens (tertiary/aromatic N) is 2. The van der Waals surface area contributed by atoms with E-state index in [0.717, 1.165) is 19.3 Å². The van der Waals surface area contributed by atoms with Gasteiger partial charge < -0.3 is 4.74 Å². The third-order valence-corrected chi connectivity index (χ3v) is 7.57. The van der Waals surface area contributed by atoms with Crippen LogP contribution in [0.3, 0.4) is 0 Å². The molecule has 3 rings (SSSR count). The van der Waals surface area contributed by atoms with E-state index in [9.17, 15) is 13.2 Å². The van der Waals surface area contributed by atoms with E-state index in [1.807, 2.05) is 18.2 Å². The van der Waals surface area contributed by atoms with E-state index < -0.39 is 22.1 Å². The fraction of sp³-hybridized carbons (Fsp3) is 0.364. The van der Waals surface area contributed by atoms with Crippen molar-refractivity contribution in [3.05, 3.63) is 64.7 Å². The van der Waals surface area contributed by atoms with Gasteiger partial charge in [0.1, 0.15) is 11.0 Å². The van der Waals surface area contributed by atoms with Crippen LogP contribution in [0.15, 0.2) is 53.4 Å². The molecule has 0 spiro atoms. The molecule has 0 aromatic heterocycles. The van der Waals surface area contributed by atoms with Gasteiger partial charge in [-0.15, -0.1) is 0 Å². The number of hydrogen-bond donors (Lipinski definition) is 0. The average molecular weight is 447 g/mol. The van der Waals surface area contributed by atoms with Crippen LogP contribution >= 0.6 is 11.6 Å². The molecule has 0 amide bonds. The van der Waals surface area contributed by atoms with Crippen LogP contribution in [0.5, 0.6) is 0 Å². The zero-order valence-electron chi connectivity index (χ0n) is 16.6. The van der Waals surface area contributed by atoms with Crippen molar-refractivity contribution in [2.45, 2.75) is 37.2 Å². The van der Waals surface area contributed by atoms with Crippen molar-refractivity contribution < 1.29 is 17.9 Å². The predicted molar refractivity (Wildman–Crippen MR) is 114 cm³/mol. The number of carbonyl (C=O) groups excluding carboxylic acids is 1. The van der Waals surface area contributed by atoms with Gasteiger partial charge >= 0.3 is 5.97 Å². The number of halogens is 1. The van der Waals surface area contributed by atoms with Crippen LogP contribution in [-0.4, -0.2) is 37.9 Å². The van der Waals surface area contributed by atoms with Gasteiger partial charge in [-0.2, -0.15) is 9.57 Å². The number of ether oxygens (including phenoxy) is 1. The molecule has 6 nitrogen and oxygen atoms in total. The Labute approximate surface area is 182 Å². The van der Waals surface area contributed by atoms with E-state index in [1.54, 1.807) is 6.07 Å². The molecule has 1 saturated heterocycles. The van der Waals surface area contributed by atoms with Gasteiger partial charge in [-0.3, -0.25) is 0 Å². The second-order valence-corrected chi connectivity index (χ2v) is 9.67. The van der Waals surface area contributed by atoms with Crippen molar-refractivity contribution in [1.29, 1.82) is 5.26 Å². The van der Waals surface area contributed by atoms with E-state index in [0.29, 0.717) is 19.0 Å². The smallest absolute Gasteiger partial charge is 0.339 e. The Hall–Kier alpha value is -2.40. The maximum absolute atomic E-state index is 13.2. The lowest BCUT2D eigenvalue weighted by atomic mass is 9.91. The summed E-state index contributed by atoms with van der Waals surface area (Å²) in [4.78, 5) is 12.1. The first-order valence-electron chi connectivity index (χ1n) is 9.75. The van der Waals surface area contributed by atoms with Crippen molar-refractivity contribution in [2.24, 2.45) is 5.92 Å².